The van der Waals surface area contributed by atoms with Gasteiger partial charge in [0.1, 0.15) is 5.01 Å². The van der Waals surface area contributed by atoms with E-state index < -0.39 is 0 Å². The van der Waals surface area contributed by atoms with Gasteiger partial charge in [0, 0.05) is 10.6 Å². The standard InChI is InChI=1S/C21H14ClNS/c22-17-12-10-15(11-13-17)14-18(16-6-2-1-3-7-16)21-23-19-8-4-5-9-20(19)24-21/h1-14H. The number of hydrogen-bond acceptors (Lipinski definition) is 2. The van der Waals surface area contributed by atoms with Gasteiger partial charge in [-0.05, 0) is 41.5 Å². The van der Waals surface area contributed by atoms with Crippen LogP contribution in [-0.2, 0) is 0 Å². The van der Waals surface area contributed by atoms with Crippen molar-refractivity contribution in [1.82, 2.24) is 4.98 Å². The summed E-state index contributed by atoms with van der Waals surface area (Å²) in [5, 5.41) is 1.77. The molecule has 0 bridgehead atoms. The number of benzene rings is 3. The van der Waals surface area contributed by atoms with Gasteiger partial charge in [-0.25, -0.2) is 4.98 Å². The van der Waals surface area contributed by atoms with Crippen molar-refractivity contribution in [3.05, 3.63) is 100 Å². The molecule has 1 heterocycles. The normalized spacial score (nSPS) is 11.8. The van der Waals surface area contributed by atoms with E-state index in [1.807, 2.05) is 36.4 Å². The van der Waals surface area contributed by atoms with Crippen molar-refractivity contribution < 1.29 is 0 Å². The summed E-state index contributed by atoms with van der Waals surface area (Å²) in [7, 11) is 0. The van der Waals surface area contributed by atoms with Gasteiger partial charge in [-0.3, -0.25) is 0 Å². The van der Waals surface area contributed by atoms with Crippen LogP contribution in [0.5, 0.6) is 0 Å². The van der Waals surface area contributed by atoms with Crippen LogP contribution in [0.15, 0.2) is 78.9 Å². The number of hydrogen-bond donors (Lipinski definition) is 0. The molecule has 0 aliphatic heterocycles. The first-order chi connectivity index (χ1) is 11.8. The minimum atomic E-state index is 0.744. The first-order valence-corrected chi connectivity index (χ1v) is 8.88. The molecule has 3 aromatic carbocycles. The van der Waals surface area contributed by atoms with Crippen LogP contribution < -0.4 is 0 Å². The summed E-state index contributed by atoms with van der Waals surface area (Å²) in [5.41, 5.74) is 4.43. The first kappa shape index (κ1) is 15.1. The third kappa shape index (κ3) is 3.12. The molecule has 0 saturated carbocycles. The minimum Gasteiger partial charge on any atom is -0.236 e. The number of rotatable bonds is 3. The average molecular weight is 348 g/mol. The van der Waals surface area contributed by atoms with Crippen molar-refractivity contribution >= 4 is 44.8 Å². The lowest BCUT2D eigenvalue weighted by atomic mass is 10.0. The Morgan fingerprint density at radius 3 is 2.29 bits per heavy atom. The van der Waals surface area contributed by atoms with Gasteiger partial charge in [0.15, 0.2) is 0 Å². The third-order valence-electron chi connectivity index (χ3n) is 3.79. The SMILES string of the molecule is Clc1ccc(C=C(c2ccccc2)c2nc3ccccc3s2)cc1. The molecule has 116 valence electrons. The zero-order chi connectivity index (χ0) is 16.4. The van der Waals surface area contributed by atoms with E-state index in [2.05, 4.69) is 48.5 Å². The fourth-order valence-corrected chi connectivity index (χ4v) is 3.73. The molecular formula is C21H14ClNS. The molecule has 0 aliphatic rings. The number of halogens is 1. The van der Waals surface area contributed by atoms with E-state index in [0.717, 1.165) is 32.2 Å². The second-order valence-corrected chi connectivity index (χ2v) is 6.93. The van der Waals surface area contributed by atoms with E-state index in [1.165, 1.54) is 4.70 Å². The Kier molecular flexibility index (Phi) is 4.16. The van der Waals surface area contributed by atoms with Crippen molar-refractivity contribution in [1.29, 1.82) is 0 Å². The molecule has 3 heteroatoms. The maximum atomic E-state index is 6.00. The Bertz CT molecular complexity index is 968. The van der Waals surface area contributed by atoms with Crippen LogP contribution in [-0.4, -0.2) is 4.98 Å². The van der Waals surface area contributed by atoms with Crippen molar-refractivity contribution in [2.45, 2.75) is 0 Å². The van der Waals surface area contributed by atoms with E-state index in [0.29, 0.717) is 0 Å². The van der Waals surface area contributed by atoms with Gasteiger partial charge in [-0.15, -0.1) is 11.3 Å². The monoisotopic (exact) mass is 347 g/mol. The second-order valence-electron chi connectivity index (χ2n) is 5.46. The molecule has 0 amide bonds. The zero-order valence-corrected chi connectivity index (χ0v) is 14.4. The highest BCUT2D eigenvalue weighted by molar-refractivity contribution is 7.19. The molecule has 4 aromatic rings. The number of fused-ring (bicyclic) bond motifs is 1. The molecule has 24 heavy (non-hydrogen) atoms. The quantitative estimate of drug-likeness (QED) is 0.383. The van der Waals surface area contributed by atoms with E-state index in [9.17, 15) is 0 Å². The summed E-state index contributed by atoms with van der Waals surface area (Å²) in [4.78, 5) is 4.83. The van der Waals surface area contributed by atoms with Gasteiger partial charge in [-0.2, -0.15) is 0 Å². The van der Waals surface area contributed by atoms with Crippen LogP contribution >= 0.6 is 22.9 Å². The molecule has 0 fully saturated rings. The van der Waals surface area contributed by atoms with Gasteiger partial charge in [0.2, 0.25) is 0 Å². The summed E-state index contributed by atoms with van der Waals surface area (Å²) in [6, 6.07) is 26.5. The lowest BCUT2D eigenvalue weighted by molar-refractivity contribution is 1.43. The number of nitrogens with zero attached hydrogens (tertiary/aromatic N) is 1. The molecule has 0 saturated heterocycles. The molecule has 0 unspecified atom stereocenters. The molecule has 4 rings (SSSR count). The first-order valence-electron chi connectivity index (χ1n) is 7.68. The van der Waals surface area contributed by atoms with Gasteiger partial charge in [-0.1, -0.05) is 66.2 Å². The van der Waals surface area contributed by atoms with Gasteiger partial charge < -0.3 is 0 Å². The number of thiazole rings is 1. The molecule has 0 atom stereocenters. The molecular weight excluding hydrogens is 334 g/mol. The molecule has 1 nitrogen and oxygen atoms in total. The Morgan fingerprint density at radius 2 is 1.54 bits per heavy atom. The summed E-state index contributed by atoms with van der Waals surface area (Å²) in [5.74, 6) is 0. The zero-order valence-electron chi connectivity index (χ0n) is 12.8. The smallest absolute Gasteiger partial charge is 0.125 e. The molecule has 0 spiro atoms. The number of para-hydroxylation sites is 1. The Balaban J connectivity index is 1.88. The van der Waals surface area contributed by atoms with Crippen molar-refractivity contribution in [3.8, 4) is 0 Å². The fraction of sp³-hybridized carbons (Fsp3) is 0. The molecule has 0 radical (unpaired) electrons. The van der Waals surface area contributed by atoms with Crippen molar-refractivity contribution in [2.75, 3.05) is 0 Å². The van der Waals surface area contributed by atoms with E-state index >= 15 is 0 Å². The lowest BCUT2D eigenvalue weighted by Crippen LogP contribution is -1.87. The van der Waals surface area contributed by atoms with Crippen LogP contribution in [0.25, 0.3) is 21.9 Å². The maximum absolute atomic E-state index is 6.00. The lowest BCUT2D eigenvalue weighted by Gasteiger charge is -2.05. The molecule has 1 aromatic heterocycles. The fourth-order valence-electron chi connectivity index (χ4n) is 2.60. The van der Waals surface area contributed by atoms with Crippen LogP contribution in [0.3, 0.4) is 0 Å². The minimum absolute atomic E-state index is 0.744. The molecule has 0 aliphatic carbocycles. The summed E-state index contributed by atoms with van der Waals surface area (Å²) in [6.45, 7) is 0. The Labute approximate surface area is 149 Å². The van der Waals surface area contributed by atoms with Gasteiger partial charge in [0.05, 0.1) is 10.2 Å². The summed E-state index contributed by atoms with van der Waals surface area (Å²) in [6.07, 6.45) is 2.17. The third-order valence-corrected chi connectivity index (χ3v) is 5.11. The highest BCUT2D eigenvalue weighted by Crippen LogP contribution is 2.32. The highest BCUT2D eigenvalue weighted by Gasteiger charge is 2.11. The molecule has 0 N–H and O–H groups in total. The summed E-state index contributed by atoms with van der Waals surface area (Å²) >= 11 is 7.72. The van der Waals surface area contributed by atoms with Crippen LogP contribution in [0, 0.1) is 0 Å². The highest BCUT2D eigenvalue weighted by atomic mass is 35.5. The van der Waals surface area contributed by atoms with Crippen molar-refractivity contribution in [2.24, 2.45) is 0 Å². The topological polar surface area (TPSA) is 12.9 Å². The van der Waals surface area contributed by atoms with Gasteiger partial charge in [0.25, 0.3) is 0 Å². The summed E-state index contributed by atoms with van der Waals surface area (Å²) < 4.78 is 1.20. The Morgan fingerprint density at radius 1 is 0.833 bits per heavy atom. The van der Waals surface area contributed by atoms with Gasteiger partial charge >= 0.3 is 0 Å². The van der Waals surface area contributed by atoms with E-state index in [4.69, 9.17) is 16.6 Å². The predicted octanol–water partition coefficient (Wildman–Crippen LogP) is 6.54. The largest absolute Gasteiger partial charge is 0.236 e. The van der Waals surface area contributed by atoms with E-state index in [1.54, 1.807) is 11.3 Å². The second kappa shape index (κ2) is 6.60. The predicted molar refractivity (Wildman–Crippen MR) is 104 cm³/mol. The Hall–Kier alpha value is -2.42. The van der Waals surface area contributed by atoms with E-state index in [-0.39, 0.29) is 0 Å². The average Bonchev–Trinajstić information content (AvgIpc) is 3.06. The number of aromatic nitrogens is 1. The van der Waals surface area contributed by atoms with Crippen molar-refractivity contribution in [3.63, 3.8) is 0 Å². The maximum Gasteiger partial charge on any atom is 0.125 e. The van der Waals surface area contributed by atoms with Crippen LogP contribution in [0.4, 0.5) is 0 Å². The van der Waals surface area contributed by atoms with Crippen LogP contribution in [0.2, 0.25) is 5.02 Å². The van der Waals surface area contributed by atoms with Crippen LogP contribution in [0.1, 0.15) is 16.1 Å².